The van der Waals surface area contributed by atoms with Crippen molar-refractivity contribution < 1.29 is 4.79 Å². The highest BCUT2D eigenvalue weighted by atomic mass is 35.5. The quantitative estimate of drug-likeness (QED) is 0.799. The summed E-state index contributed by atoms with van der Waals surface area (Å²) in [6.45, 7) is 3.52. The first-order valence-corrected chi connectivity index (χ1v) is 6.74. The Morgan fingerprint density at radius 2 is 2.29 bits per heavy atom. The van der Waals surface area contributed by atoms with E-state index >= 15 is 0 Å². The lowest BCUT2D eigenvalue weighted by atomic mass is 10.1. The van der Waals surface area contributed by atoms with E-state index in [0.29, 0.717) is 12.2 Å². The van der Waals surface area contributed by atoms with Crippen molar-refractivity contribution in [3.63, 3.8) is 0 Å². The minimum atomic E-state index is -0.163. The van der Waals surface area contributed by atoms with Crippen molar-refractivity contribution in [1.82, 2.24) is 25.8 Å². The lowest BCUT2D eigenvalue weighted by Gasteiger charge is -2.15. The topological polar surface area (TPSA) is 82.7 Å². The molecule has 2 aromatic rings. The van der Waals surface area contributed by atoms with E-state index in [4.69, 9.17) is 0 Å². The molecule has 3 heterocycles. The lowest BCUT2D eigenvalue weighted by molar-refractivity contribution is 0.0933. The van der Waals surface area contributed by atoms with Crippen molar-refractivity contribution in [2.24, 2.45) is 0 Å². The molecule has 0 aliphatic carbocycles. The maximum Gasteiger partial charge on any atom is 0.272 e. The third kappa shape index (κ3) is 3.22. The summed E-state index contributed by atoms with van der Waals surface area (Å²) in [6.07, 6.45) is 2.60. The number of halogens is 1. The van der Waals surface area contributed by atoms with Crippen LogP contribution < -0.4 is 10.6 Å². The van der Waals surface area contributed by atoms with Gasteiger partial charge in [-0.2, -0.15) is 5.10 Å². The van der Waals surface area contributed by atoms with Crippen molar-refractivity contribution in [1.29, 1.82) is 0 Å². The highest BCUT2D eigenvalue weighted by Gasteiger charge is 2.22. The third-order valence-corrected chi connectivity index (χ3v) is 3.50. The first-order valence-electron chi connectivity index (χ1n) is 6.74. The molecule has 1 atom stereocenters. The normalized spacial score (nSPS) is 14.7. The van der Waals surface area contributed by atoms with Crippen molar-refractivity contribution in [3.8, 4) is 0 Å². The van der Waals surface area contributed by atoms with Crippen LogP contribution >= 0.6 is 12.4 Å². The number of carbonyl (C=O) groups excluding carboxylic acids is 1. The van der Waals surface area contributed by atoms with E-state index in [0.717, 1.165) is 29.9 Å². The third-order valence-electron chi connectivity index (χ3n) is 3.50. The zero-order valence-corrected chi connectivity index (χ0v) is 12.5. The fourth-order valence-corrected chi connectivity index (χ4v) is 2.38. The van der Waals surface area contributed by atoms with Crippen molar-refractivity contribution in [3.05, 3.63) is 47.0 Å². The van der Waals surface area contributed by atoms with Gasteiger partial charge in [-0.1, -0.05) is 6.07 Å². The van der Waals surface area contributed by atoms with E-state index in [-0.39, 0.29) is 24.4 Å². The van der Waals surface area contributed by atoms with Gasteiger partial charge in [0.2, 0.25) is 0 Å². The van der Waals surface area contributed by atoms with Gasteiger partial charge in [-0.05, 0) is 19.1 Å². The first kappa shape index (κ1) is 15.5. The van der Waals surface area contributed by atoms with E-state index in [1.165, 1.54) is 0 Å². The summed E-state index contributed by atoms with van der Waals surface area (Å²) in [4.78, 5) is 16.6. The average molecular weight is 308 g/mol. The van der Waals surface area contributed by atoms with Gasteiger partial charge in [-0.3, -0.25) is 14.9 Å². The Kier molecular flexibility index (Phi) is 4.93. The Labute approximate surface area is 129 Å². The van der Waals surface area contributed by atoms with Crippen molar-refractivity contribution >= 4 is 18.3 Å². The molecule has 3 rings (SSSR count). The lowest BCUT2D eigenvalue weighted by Crippen LogP contribution is -2.30. The fourth-order valence-electron chi connectivity index (χ4n) is 2.38. The molecular weight excluding hydrogens is 290 g/mol. The van der Waals surface area contributed by atoms with E-state index in [1.54, 1.807) is 6.20 Å². The second-order valence-electron chi connectivity index (χ2n) is 4.91. The van der Waals surface area contributed by atoms with E-state index in [2.05, 4.69) is 25.8 Å². The second-order valence-corrected chi connectivity index (χ2v) is 4.91. The number of carbonyl (C=O) groups is 1. The number of nitrogens with one attached hydrogen (secondary N) is 3. The Bertz CT molecular complexity index is 613. The van der Waals surface area contributed by atoms with Crippen LogP contribution in [0.2, 0.25) is 0 Å². The molecule has 0 saturated carbocycles. The van der Waals surface area contributed by atoms with Crippen LogP contribution in [-0.2, 0) is 13.0 Å². The van der Waals surface area contributed by atoms with Gasteiger partial charge in [0.1, 0.15) is 0 Å². The zero-order chi connectivity index (χ0) is 13.9. The Morgan fingerprint density at radius 3 is 3.05 bits per heavy atom. The number of rotatable bonds is 3. The summed E-state index contributed by atoms with van der Waals surface area (Å²) in [5.41, 5.74) is 3.35. The zero-order valence-electron chi connectivity index (χ0n) is 11.7. The first-order chi connectivity index (χ1) is 9.75. The summed E-state index contributed by atoms with van der Waals surface area (Å²) in [7, 11) is 0. The molecule has 0 bridgehead atoms. The molecule has 0 saturated heterocycles. The largest absolute Gasteiger partial charge is 0.343 e. The number of aromatic amines is 1. The van der Waals surface area contributed by atoms with Gasteiger partial charge < -0.3 is 10.6 Å². The molecule has 6 nitrogen and oxygen atoms in total. The molecule has 0 spiro atoms. The van der Waals surface area contributed by atoms with Gasteiger partial charge in [0.25, 0.3) is 5.91 Å². The average Bonchev–Trinajstić information content (AvgIpc) is 2.92. The SMILES string of the molecule is CC(NC(=O)c1n[nH]c2c1CNCC2)c1ccccn1.Cl. The molecule has 2 aromatic heterocycles. The van der Waals surface area contributed by atoms with Gasteiger partial charge in [0.15, 0.2) is 5.69 Å². The van der Waals surface area contributed by atoms with Crippen LogP contribution in [0.15, 0.2) is 24.4 Å². The molecule has 1 amide bonds. The predicted octanol–water partition coefficient (Wildman–Crippen LogP) is 1.36. The number of pyridine rings is 1. The summed E-state index contributed by atoms with van der Waals surface area (Å²) >= 11 is 0. The molecule has 3 N–H and O–H groups in total. The number of aromatic nitrogens is 3. The Balaban J connectivity index is 0.00000161. The molecule has 0 fully saturated rings. The van der Waals surface area contributed by atoms with E-state index < -0.39 is 0 Å². The molecule has 1 aliphatic rings. The van der Waals surface area contributed by atoms with Crippen LogP contribution in [0.25, 0.3) is 0 Å². The number of H-pyrrole nitrogens is 1. The van der Waals surface area contributed by atoms with Crippen LogP contribution in [0.4, 0.5) is 0 Å². The number of hydrogen-bond acceptors (Lipinski definition) is 4. The van der Waals surface area contributed by atoms with Crippen molar-refractivity contribution in [2.45, 2.75) is 25.9 Å². The highest BCUT2D eigenvalue weighted by Crippen LogP contribution is 2.16. The van der Waals surface area contributed by atoms with Crippen molar-refractivity contribution in [2.75, 3.05) is 6.54 Å². The van der Waals surface area contributed by atoms with Crippen LogP contribution in [0.5, 0.6) is 0 Å². The summed E-state index contributed by atoms with van der Waals surface area (Å²) in [5, 5.41) is 13.3. The smallest absolute Gasteiger partial charge is 0.272 e. The van der Waals surface area contributed by atoms with Gasteiger partial charge >= 0.3 is 0 Å². The van der Waals surface area contributed by atoms with E-state index in [1.807, 2.05) is 25.1 Å². The number of amides is 1. The van der Waals surface area contributed by atoms with Crippen LogP contribution in [-0.4, -0.2) is 27.6 Å². The summed E-state index contributed by atoms with van der Waals surface area (Å²) in [5.74, 6) is -0.163. The predicted molar refractivity (Wildman–Crippen MR) is 81.4 cm³/mol. The molecule has 1 unspecified atom stereocenters. The summed E-state index contributed by atoms with van der Waals surface area (Å²) in [6, 6.07) is 5.51. The van der Waals surface area contributed by atoms with Crippen LogP contribution in [0.1, 0.15) is 40.4 Å². The van der Waals surface area contributed by atoms with E-state index in [9.17, 15) is 4.79 Å². The number of nitrogens with zero attached hydrogens (tertiary/aromatic N) is 2. The molecular formula is C14H18ClN5O. The second kappa shape index (κ2) is 6.69. The Hall–Kier alpha value is -1.92. The van der Waals surface area contributed by atoms with Crippen LogP contribution in [0.3, 0.4) is 0 Å². The molecule has 1 aliphatic heterocycles. The maximum atomic E-state index is 12.3. The van der Waals surface area contributed by atoms with Gasteiger partial charge in [0, 0.05) is 37.0 Å². The molecule has 112 valence electrons. The van der Waals surface area contributed by atoms with Gasteiger partial charge in [-0.15, -0.1) is 12.4 Å². The standard InChI is InChI=1S/C14H17N5O.ClH/c1-9(11-4-2-3-6-16-11)17-14(20)13-10-8-15-7-5-12(10)18-19-13;/h2-4,6,9,15H,5,7-8H2,1H3,(H,17,20)(H,18,19);1H. The van der Waals surface area contributed by atoms with Gasteiger partial charge in [-0.25, -0.2) is 0 Å². The molecule has 21 heavy (non-hydrogen) atoms. The maximum absolute atomic E-state index is 12.3. The highest BCUT2D eigenvalue weighted by molar-refractivity contribution is 5.94. The Morgan fingerprint density at radius 1 is 1.43 bits per heavy atom. The van der Waals surface area contributed by atoms with Gasteiger partial charge in [0.05, 0.1) is 11.7 Å². The monoisotopic (exact) mass is 307 g/mol. The fraction of sp³-hybridized carbons (Fsp3) is 0.357. The minimum absolute atomic E-state index is 0. The van der Waals surface area contributed by atoms with Crippen LogP contribution in [0, 0.1) is 0 Å². The molecule has 7 heteroatoms. The molecule has 0 radical (unpaired) electrons. The minimum Gasteiger partial charge on any atom is -0.343 e. The number of hydrogen-bond donors (Lipinski definition) is 3. The summed E-state index contributed by atoms with van der Waals surface area (Å²) < 4.78 is 0. The number of fused-ring (bicyclic) bond motifs is 1. The molecule has 0 aromatic carbocycles.